The van der Waals surface area contributed by atoms with Crippen molar-refractivity contribution < 1.29 is 13.3 Å². The van der Waals surface area contributed by atoms with Crippen molar-refractivity contribution >= 4 is 15.2 Å². The molecule has 0 aliphatic carbocycles. The first kappa shape index (κ1) is 12.0. The molecule has 0 saturated carbocycles. The summed E-state index contributed by atoms with van der Waals surface area (Å²) in [5.74, 6) is 0.739. The molecule has 0 aliphatic heterocycles. The molecular formula is C10H17NO3Si. The Morgan fingerprint density at radius 2 is 1.60 bits per heavy atom. The third-order valence-electron chi connectivity index (χ3n) is 1.72. The van der Waals surface area contributed by atoms with Crippen LogP contribution in [-0.2, 0) is 8.85 Å². The molecule has 5 heteroatoms. The number of hydrogen-bond donors (Lipinski definition) is 1. The van der Waals surface area contributed by atoms with Gasteiger partial charge in [0, 0.05) is 18.9 Å². The standard InChI is InChI=1S/C10H17NO3Si/c1-3-12-15(13-4-2)14-10-7-5-9(11)6-8-10/h5-8,15H,3-4,11H2,1-2H3. The molecule has 1 aromatic carbocycles. The van der Waals surface area contributed by atoms with Crippen molar-refractivity contribution in [2.45, 2.75) is 13.8 Å². The van der Waals surface area contributed by atoms with E-state index in [0.717, 1.165) is 5.75 Å². The molecule has 4 nitrogen and oxygen atoms in total. The van der Waals surface area contributed by atoms with Crippen molar-refractivity contribution in [3.05, 3.63) is 24.3 Å². The molecule has 0 saturated heterocycles. The monoisotopic (exact) mass is 227 g/mol. The van der Waals surface area contributed by atoms with Gasteiger partial charge in [-0.05, 0) is 38.1 Å². The molecular weight excluding hydrogens is 210 g/mol. The van der Waals surface area contributed by atoms with E-state index in [1.807, 2.05) is 26.0 Å². The molecule has 0 radical (unpaired) electrons. The highest BCUT2D eigenvalue weighted by atomic mass is 28.3. The van der Waals surface area contributed by atoms with Gasteiger partial charge < -0.3 is 19.0 Å². The number of rotatable bonds is 6. The molecule has 0 aliphatic rings. The van der Waals surface area contributed by atoms with Crippen molar-refractivity contribution in [1.82, 2.24) is 0 Å². The zero-order valence-electron chi connectivity index (χ0n) is 9.10. The molecule has 1 aromatic rings. The number of anilines is 1. The lowest BCUT2D eigenvalue weighted by Crippen LogP contribution is -2.30. The zero-order chi connectivity index (χ0) is 11.1. The summed E-state index contributed by atoms with van der Waals surface area (Å²) in [6, 6.07) is 7.21. The Kier molecular flexibility index (Phi) is 5.17. The third-order valence-corrected chi connectivity index (χ3v) is 3.39. The van der Waals surface area contributed by atoms with E-state index in [1.165, 1.54) is 0 Å². The Balaban J connectivity index is 2.53. The fraction of sp³-hybridized carbons (Fsp3) is 0.400. The van der Waals surface area contributed by atoms with Crippen molar-refractivity contribution in [2.24, 2.45) is 0 Å². The quantitative estimate of drug-likeness (QED) is 0.590. The van der Waals surface area contributed by atoms with Crippen LogP contribution >= 0.6 is 0 Å². The van der Waals surface area contributed by atoms with Gasteiger partial charge in [0.15, 0.2) is 0 Å². The summed E-state index contributed by atoms with van der Waals surface area (Å²) < 4.78 is 16.3. The Bertz CT molecular complexity index is 273. The van der Waals surface area contributed by atoms with E-state index in [-0.39, 0.29) is 0 Å². The summed E-state index contributed by atoms with van der Waals surface area (Å²) in [6.45, 7) is 5.05. The summed E-state index contributed by atoms with van der Waals surface area (Å²) in [7, 11) is -2.02. The minimum absolute atomic E-state index is 0.603. The van der Waals surface area contributed by atoms with E-state index in [4.69, 9.17) is 19.0 Å². The lowest BCUT2D eigenvalue weighted by molar-refractivity contribution is 0.153. The van der Waals surface area contributed by atoms with E-state index in [2.05, 4.69) is 0 Å². The van der Waals surface area contributed by atoms with Gasteiger partial charge in [-0.15, -0.1) is 0 Å². The second kappa shape index (κ2) is 6.44. The molecule has 0 atom stereocenters. The van der Waals surface area contributed by atoms with Crippen LogP contribution in [0.25, 0.3) is 0 Å². The molecule has 15 heavy (non-hydrogen) atoms. The highest BCUT2D eigenvalue weighted by molar-refractivity contribution is 6.37. The van der Waals surface area contributed by atoms with Crippen LogP contribution in [0.1, 0.15) is 13.8 Å². The minimum Gasteiger partial charge on any atom is -0.503 e. The number of hydrogen-bond acceptors (Lipinski definition) is 4. The van der Waals surface area contributed by atoms with Gasteiger partial charge in [-0.25, -0.2) is 0 Å². The van der Waals surface area contributed by atoms with E-state index in [0.29, 0.717) is 18.9 Å². The lowest BCUT2D eigenvalue weighted by Gasteiger charge is -2.15. The van der Waals surface area contributed by atoms with Gasteiger partial charge in [0.05, 0.1) is 0 Å². The second-order valence-electron chi connectivity index (χ2n) is 2.89. The zero-order valence-corrected chi connectivity index (χ0v) is 10.3. The Labute approximate surface area is 91.9 Å². The molecule has 0 spiro atoms. The number of nitrogen functional groups attached to an aromatic ring is 1. The predicted molar refractivity (Wildman–Crippen MR) is 61.9 cm³/mol. The second-order valence-corrected chi connectivity index (χ2v) is 4.37. The fourth-order valence-corrected chi connectivity index (χ4v) is 2.20. The van der Waals surface area contributed by atoms with Crippen LogP contribution in [0.3, 0.4) is 0 Å². The molecule has 0 amide bonds. The van der Waals surface area contributed by atoms with E-state index >= 15 is 0 Å². The van der Waals surface area contributed by atoms with Crippen molar-refractivity contribution in [2.75, 3.05) is 18.9 Å². The molecule has 0 heterocycles. The lowest BCUT2D eigenvalue weighted by atomic mass is 10.3. The summed E-state index contributed by atoms with van der Waals surface area (Å²) in [5.41, 5.74) is 6.28. The van der Waals surface area contributed by atoms with Crippen molar-refractivity contribution in [1.29, 1.82) is 0 Å². The summed E-state index contributed by atoms with van der Waals surface area (Å²) in [6.07, 6.45) is 0. The van der Waals surface area contributed by atoms with Gasteiger partial charge in [-0.3, -0.25) is 0 Å². The summed E-state index contributed by atoms with van der Waals surface area (Å²) >= 11 is 0. The first-order valence-electron chi connectivity index (χ1n) is 5.01. The molecule has 0 unspecified atom stereocenters. The maximum atomic E-state index is 5.59. The van der Waals surface area contributed by atoms with Crippen molar-refractivity contribution in [3.8, 4) is 5.75 Å². The Morgan fingerprint density at radius 3 is 2.07 bits per heavy atom. The van der Waals surface area contributed by atoms with Gasteiger partial charge in [0.25, 0.3) is 0 Å². The van der Waals surface area contributed by atoms with Crippen LogP contribution in [-0.4, -0.2) is 22.7 Å². The SMILES string of the molecule is CCO[SiH](OCC)Oc1ccc(N)cc1. The summed E-state index contributed by atoms with van der Waals surface area (Å²) in [4.78, 5) is 0. The van der Waals surface area contributed by atoms with E-state index in [1.54, 1.807) is 12.1 Å². The van der Waals surface area contributed by atoms with Crippen LogP contribution in [0, 0.1) is 0 Å². The first-order chi connectivity index (χ1) is 7.26. The van der Waals surface area contributed by atoms with Crippen LogP contribution in [0.5, 0.6) is 5.75 Å². The van der Waals surface area contributed by atoms with E-state index < -0.39 is 9.53 Å². The largest absolute Gasteiger partial charge is 0.549 e. The topological polar surface area (TPSA) is 53.7 Å². The van der Waals surface area contributed by atoms with Crippen molar-refractivity contribution in [3.63, 3.8) is 0 Å². The average molecular weight is 227 g/mol. The van der Waals surface area contributed by atoms with Gasteiger partial charge in [0.2, 0.25) is 0 Å². The van der Waals surface area contributed by atoms with Gasteiger partial charge >= 0.3 is 9.53 Å². The van der Waals surface area contributed by atoms with Crippen LogP contribution in [0.15, 0.2) is 24.3 Å². The molecule has 2 N–H and O–H groups in total. The maximum Gasteiger partial charge on any atom is 0.549 e. The Hall–Kier alpha value is -1.04. The molecule has 0 aromatic heterocycles. The van der Waals surface area contributed by atoms with Crippen LogP contribution in [0.2, 0.25) is 0 Å². The summed E-state index contributed by atoms with van der Waals surface area (Å²) in [5, 5.41) is 0. The van der Waals surface area contributed by atoms with Gasteiger partial charge in [0.1, 0.15) is 5.75 Å². The highest BCUT2D eigenvalue weighted by Gasteiger charge is 2.15. The molecule has 0 fully saturated rings. The minimum atomic E-state index is -2.02. The average Bonchev–Trinajstić information content (AvgIpc) is 2.22. The molecule has 84 valence electrons. The van der Waals surface area contributed by atoms with Crippen LogP contribution < -0.4 is 10.2 Å². The fourth-order valence-electron chi connectivity index (χ4n) is 1.05. The smallest absolute Gasteiger partial charge is 0.503 e. The highest BCUT2D eigenvalue weighted by Crippen LogP contribution is 2.14. The molecule has 0 bridgehead atoms. The van der Waals surface area contributed by atoms with Gasteiger partial charge in [-0.2, -0.15) is 0 Å². The maximum absolute atomic E-state index is 5.59. The number of nitrogens with two attached hydrogens (primary N) is 1. The van der Waals surface area contributed by atoms with Crippen LogP contribution in [0.4, 0.5) is 5.69 Å². The van der Waals surface area contributed by atoms with E-state index in [9.17, 15) is 0 Å². The molecule has 1 rings (SSSR count). The van der Waals surface area contributed by atoms with Gasteiger partial charge in [-0.1, -0.05) is 0 Å². The Morgan fingerprint density at radius 1 is 1.07 bits per heavy atom. The number of benzene rings is 1. The predicted octanol–water partition coefficient (Wildman–Crippen LogP) is 1.44. The third kappa shape index (κ3) is 4.33. The first-order valence-corrected chi connectivity index (χ1v) is 6.43. The normalized spacial score (nSPS) is 10.6.